The van der Waals surface area contributed by atoms with Gasteiger partial charge in [0.1, 0.15) is 0 Å². The van der Waals surface area contributed by atoms with Crippen molar-refractivity contribution in [2.45, 2.75) is 19.4 Å². The van der Waals surface area contributed by atoms with Crippen molar-refractivity contribution < 1.29 is 0 Å². The molecule has 2 heteroatoms. The lowest BCUT2D eigenvalue weighted by atomic mass is 9.95. The van der Waals surface area contributed by atoms with E-state index in [0.717, 1.165) is 11.2 Å². The zero-order valence-electron chi connectivity index (χ0n) is 9.49. The summed E-state index contributed by atoms with van der Waals surface area (Å²) in [4.78, 5) is 4.46. The van der Waals surface area contributed by atoms with E-state index in [1.807, 2.05) is 18.3 Å². The van der Waals surface area contributed by atoms with Crippen LogP contribution in [-0.4, -0.2) is 10.5 Å². The Morgan fingerprint density at radius 2 is 2.00 bits per heavy atom. The van der Waals surface area contributed by atoms with Gasteiger partial charge in [0, 0.05) is 10.9 Å². The lowest BCUT2D eigenvalue weighted by molar-refractivity contribution is 0.710. The maximum absolute atomic E-state index is 4.46. The molecule has 0 radical (unpaired) electrons. The largest absolute Gasteiger partial charge is 0.375 e. The summed E-state index contributed by atoms with van der Waals surface area (Å²) in [6.45, 7) is 4.31. The van der Waals surface area contributed by atoms with Gasteiger partial charge < -0.3 is 5.32 Å². The average molecular weight is 210 g/mol. The van der Waals surface area contributed by atoms with E-state index in [-0.39, 0.29) is 5.54 Å². The van der Waals surface area contributed by atoms with Gasteiger partial charge in [-0.25, -0.2) is 0 Å². The van der Waals surface area contributed by atoms with Crippen LogP contribution in [0.25, 0.3) is 17.0 Å². The summed E-state index contributed by atoms with van der Waals surface area (Å²) in [7, 11) is 0. The van der Waals surface area contributed by atoms with Crippen molar-refractivity contribution in [3.05, 3.63) is 42.1 Å². The fourth-order valence-electron chi connectivity index (χ4n) is 2.12. The highest BCUT2D eigenvalue weighted by Crippen LogP contribution is 2.32. The SMILES string of the molecule is CC1(C)C=Cc2c(cnc3ccccc23)N1. The molecule has 0 aliphatic carbocycles. The fraction of sp³-hybridized carbons (Fsp3) is 0.214. The monoisotopic (exact) mass is 210 g/mol. The Labute approximate surface area is 95.0 Å². The van der Waals surface area contributed by atoms with Gasteiger partial charge in [-0.05, 0) is 19.9 Å². The average Bonchev–Trinajstić information content (AvgIpc) is 2.27. The Kier molecular flexibility index (Phi) is 1.81. The zero-order valence-corrected chi connectivity index (χ0v) is 9.49. The fourth-order valence-corrected chi connectivity index (χ4v) is 2.12. The number of rotatable bonds is 0. The van der Waals surface area contributed by atoms with E-state index in [2.05, 4.69) is 48.4 Å². The van der Waals surface area contributed by atoms with Crippen LogP contribution >= 0.6 is 0 Å². The lowest BCUT2D eigenvalue weighted by Crippen LogP contribution is -2.30. The standard InChI is InChI=1S/C14H14N2/c1-14(2)8-7-11-10-5-3-4-6-12(10)15-9-13(11)16-14/h3-9,16H,1-2H3. The van der Waals surface area contributed by atoms with E-state index in [4.69, 9.17) is 0 Å². The summed E-state index contributed by atoms with van der Waals surface area (Å²) >= 11 is 0. The minimum Gasteiger partial charge on any atom is -0.375 e. The Balaban J connectivity index is 2.29. The van der Waals surface area contributed by atoms with Crippen LogP contribution in [0.2, 0.25) is 0 Å². The first-order chi connectivity index (χ1) is 7.66. The summed E-state index contributed by atoms with van der Waals surface area (Å²) in [5.74, 6) is 0. The number of pyridine rings is 1. The van der Waals surface area contributed by atoms with Gasteiger partial charge in [-0.2, -0.15) is 0 Å². The van der Waals surface area contributed by atoms with Crippen molar-refractivity contribution in [2.75, 3.05) is 5.32 Å². The van der Waals surface area contributed by atoms with Crippen molar-refractivity contribution >= 4 is 22.7 Å². The molecule has 2 heterocycles. The smallest absolute Gasteiger partial charge is 0.0709 e. The molecule has 0 spiro atoms. The van der Waals surface area contributed by atoms with Gasteiger partial charge in [0.05, 0.1) is 22.9 Å². The third kappa shape index (κ3) is 1.38. The van der Waals surface area contributed by atoms with Crippen molar-refractivity contribution in [3.8, 4) is 0 Å². The first-order valence-corrected chi connectivity index (χ1v) is 5.51. The van der Waals surface area contributed by atoms with Crippen LogP contribution < -0.4 is 5.32 Å². The third-order valence-electron chi connectivity index (χ3n) is 2.94. The van der Waals surface area contributed by atoms with E-state index in [1.54, 1.807) is 0 Å². The molecule has 16 heavy (non-hydrogen) atoms. The first-order valence-electron chi connectivity index (χ1n) is 5.51. The molecule has 3 rings (SSSR count). The minimum absolute atomic E-state index is 0.0110. The predicted octanol–water partition coefficient (Wildman–Crippen LogP) is 3.45. The predicted molar refractivity (Wildman–Crippen MR) is 68.5 cm³/mol. The molecule has 1 aromatic carbocycles. The Morgan fingerprint density at radius 3 is 2.88 bits per heavy atom. The molecule has 2 aromatic rings. The second-order valence-electron chi connectivity index (χ2n) is 4.78. The van der Waals surface area contributed by atoms with Crippen LogP contribution in [0.15, 0.2) is 36.5 Å². The molecular weight excluding hydrogens is 196 g/mol. The number of anilines is 1. The van der Waals surface area contributed by atoms with Crippen molar-refractivity contribution in [1.29, 1.82) is 0 Å². The van der Waals surface area contributed by atoms with Gasteiger partial charge in [-0.1, -0.05) is 30.4 Å². The maximum atomic E-state index is 4.46. The number of hydrogen-bond donors (Lipinski definition) is 1. The Bertz CT molecular complexity index is 582. The number of hydrogen-bond acceptors (Lipinski definition) is 2. The first kappa shape index (κ1) is 9.40. The maximum Gasteiger partial charge on any atom is 0.0709 e. The number of benzene rings is 1. The lowest BCUT2D eigenvalue weighted by Gasteiger charge is -2.29. The van der Waals surface area contributed by atoms with Crippen LogP contribution in [0, 0.1) is 0 Å². The highest BCUT2D eigenvalue weighted by Gasteiger charge is 2.20. The van der Waals surface area contributed by atoms with Gasteiger partial charge in [0.25, 0.3) is 0 Å². The van der Waals surface area contributed by atoms with Gasteiger partial charge >= 0.3 is 0 Å². The van der Waals surface area contributed by atoms with Gasteiger partial charge in [-0.3, -0.25) is 4.98 Å². The van der Waals surface area contributed by atoms with E-state index in [1.165, 1.54) is 10.9 Å². The molecule has 80 valence electrons. The number of aromatic nitrogens is 1. The van der Waals surface area contributed by atoms with Crippen LogP contribution in [-0.2, 0) is 0 Å². The van der Waals surface area contributed by atoms with Crippen LogP contribution in [0.1, 0.15) is 19.4 Å². The van der Waals surface area contributed by atoms with Crippen LogP contribution in [0.3, 0.4) is 0 Å². The molecule has 0 bridgehead atoms. The van der Waals surface area contributed by atoms with Gasteiger partial charge in [0.15, 0.2) is 0 Å². The molecule has 0 saturated heterocycles. The molecule has 0 saturated carbocycles. The molecule has 1 N–H and O–H groups in total. The molecule has 1 aliphatic rings. The number of nitrogens with zero attached hydrogens (tertiary/aromatic N) is 1. The highest BCUT2D eigenvalue weighted by atomic mass is 15.0. The second kappa shape index (κ2) is 3.08. The summed E-state index contributed by atoms with van der Waals surface area (Å²) in [6.07, 6.45) is 6.31. The van der Waals surface area contributed by atoms with Crippen LogP contribution in [0.5, 0.6) is 0 Å². The molecule has 2 nitrogen and oxygen atoms in total. The van der Waals surface area contributed by atoms with Crippen molar-refractivity contribution in [1.82, 2.24) is 4.98 Å². The molecule has 0 atom stereocenters. The second-order valence-corrected chi connectivity index (χ2v) is 4.78. The normalized spacial score (nSPS) is 16.9. The molecule has 0 unspecified atom stereocenters. The number of para-hydroxylation sites is 1. The molecule has 0 fully saturated rings. The molecular formula is C14H14N2. The summed E-state index contributed by atoms with van der Waals surface area (Å²) < 4.78 is 0. The molecule has 0 amide bonds. The van der Waals surface area contributed by atoms with E-state index < -0.39 is 0 Å². The Morgan fingerprint density at radius 1 is 1.19 bits per heavy atom. The summed E-state index contributed by atoms with van der Waals surface area (Å²) in [6, 6.07) is 8.23. The zero-order chi connectivity index (χ0) is 11.2. The number of nitrogens with one attached hydrogen (secondary N) is 1. The highest BCUT2D eigenvalue weighted by molar-refractivity contribution is 5.94. The summed E-state index contributed by atoms with van der Waals surface area (Å²) in [5, 5.41) is 4.69. The van der Waals surface area contributed by atoms with E-state index in [0.29, 0.717) is 0 Å². The van der Waals surface area contributed by atoms with Crippen LogP contribution in [0.4, 0.5) is 5.69 Å². The minimum atomic E-state index is 0.0110. The Hall–Kier alpha value is -1.83. The van der Waals surface area contributed by atoms with E-state index in [9.17, 15) is 0 Å². The van der Waals surface area contributed by atoms with Crippen molar-refractivity contribution in [2.24, 2.45) is 0 Å². The topological polar surface area (TPSA) is 24.9 Å². The third-order valence-corrected chi connectivity index (χ3v) is 2.94. The summed E-state index contributed by atoms with van der Waals surface area (Å²) in [5.41, 5.74) is 3.42. The van der Waals surface area contributed by atoms with Crippen molar-refractivity contribution in [3.63, 3.8) is 0 Å². The van der Waals surface area contributed by atoms with Gasteiger partial charge in [-0.15, -0.1) is 0 Å². The molecule has 1 aromatic heterocycles. The quantitative estimate of drug-likeness (QED) is 0.720. The molecule has 1 aliphatic heterocycles. The van der Waals surface area contributed by atoms with E-state index >= 15 is 0 Å². The van der Waals surface area contributed by atoms with Gasteiger partial charge in [0.2, 0.25) is 0 Å². The number of fused-ring (bicyclic) bond motifs is 3.